The van der Waals surface area contributed by atoms with Gasteiger partial charge in [0, 0.05) is 22.6 Å². The number of amides is 1. The van der Waals surface area contributed by atoms with E-state index in [1.54, 1.807) is 0 Å². The van der Waals surface area contributed by atoms with Crippen LogP contribution in [0.5, 0.6) is 5.75 Å². The molecule has 164 valence electrons. The number of fused-ring (bicyclic) bond motifs is 1. The third-order valence-electron chi connectivity index (χ3n) is 5.00. The minimum Gasteiger partial charge on any atom is -0.486 e. The number of carbonyl (C=O) groups excluding carboxylic acids is 1. The first-order valence-corrected chi connectivity index (χ1v) is 11.6. The van der Waals surface area contributed by atoms with Gasteiger partial charge in [-0.05, 0) is 49.1 Å². The van der Waals surface area contributed by atoms with Gasteiger partial charge in [-0.25, -0.2) is 0 Å². The zero-order chi connectivity index (χ0) is 22.5. The zero-order valence-electron chi connectivity index (χ0n) is 17.8. The SMILES string of the molecule is CCn1c(COc2ccc(Cl)c(C)c2)nnc1SCC(=O)Nc1cccc2ccccc12. The molecule has 1 heterocycles. The van der Waals surface area contributed by atoms with Gasteiger partial charge in [-0.15, -0.1) is 10.2 Å². The number of hydrogen-bond acceptors (Lipinski definition) is 5. The van der Waals surface area contributed by atoms with E-state index in [4.69, 9.17) is 16.3 Å². The molecule has 32 heavy (non-hydrogen) atoms. The lowest BCUT2D eigenvalue weighted by atomic mass is 10.1. The maximum atomic E-state index is 12.6. The van der Waals surface area contributed by atoms with E-state index in [2.05, 4.69) is 15.5 Å². The minimum absolute atomic E-state index is 0.0913. The van der Waals surface area contributed by atoms with Gasteiger partial charge in [-0.3, -0.25) is 4.79 Å². The number of carbonyl (C=O) groups is 1. The van der Waals surface area contributed by atoms with Crippen LogP contribution in [0.4, 0.5) is 5.69 Å². The van der Waals surface area contributed by atoms with Gasteiger partial charge in [0.25, 0.3) is 0 Å². The molecular weight excluding hydrogens is 444 g/mol. The van der Waals surface area contributed by atoms with Crippen molar-refractivity contribution in [3.8, 4) is 5.75 Å². The number of nitrogens with zero attached hydrogens (tertiary/aromatic N) is 3. The summed E-state index contributed by atoms with van der Waals surface area (Å²) in [6, 6.07) is 19.4. The number of anilines is 1. The molecule has 1 N–H and O–H groups in total. The van der Waals surface area contributed by atoms with Crippen molar-refractivity contribution in [3.05, 3.63) is 77.1 Å². The molecule has 1 aromatic heterocycles. The van der Waals surface area contributed by atoms with Crippen molar-refractivity contribution in [1.82, 2.24) is 14.8 Å². The summed E-state index contributed by atoms with van der Waals surface area (Å²) in [6.45, 7) is 4.91. The third-order valence-corrected chi connectivity index (χ3v) is 6.39. The molecule has 0 spiro atoms. The van der Waals surface area contributed by atoms with Gasteiger partial charge < -0.3 is 14.6 Å². The molecule has 0 fully saturated rings. The summed E-state index contributed by atoms with van der Waals surface area (Å²) < 4.78 is 7.82. The molecule has 6 nitrogen and oxygen atoms in total. The molecule has 0 atom stereocenters. The van der Waals surface area contributed by atoms with E-state index in [0.717, 1.165) is 27.8 Å². The Balaban J connectivity index is 1.38. The standard InChI is InChI=1S/C24H23ClN4O2S/c1-3-29-22(14-31-18-11-12-20(25)16(2)13-18)27-28-24(29)32-15-23(30)26-21-10-6-8-17-7-4-5-9-19(17)21/h4-13H,3,14-15H2,1-2H3,(H,26,30). The van der Waals surface area contributed by atoms with E-state index in [9.17, 15) is 4.79 Å². The van der Waals surface area contributed by atoms with E-state index in [1.807, 2.05) is 79.1 Å². The van der Waals surface area contributed by atoms with Crippen molar-refractivity contribution in [2.24, 2.45) is 0 Å². The summed E-state index contributed by atoms with van der Waals surface area (Å²) in [4.78, 5) is 12.6. The fourth-order valence-corrected chi connectivity index (χ4v) is 4.29. The monoisotopic (exact) mass is 466 g/mol. The number of thioether (sulfide) groups is 1. The normalized spacial score (nSPS) is 11.0. The number of rotatable bonds is 8. The second kappa shape index (κ2) is 10.1. The maximum absolute atomic E-state index is 12.6. The van der Waals surface area contributed by atoms with Crippen LogP contribution < -0.4 is 10.1 Å². The molecular formula is C24H23ClN4O2S. The number of aryl methyl sites for hydroxylation is 1. The molecule has 0 saturated heterocycles. The predicted molar refractivity (Wildman–Crippen MR) is 130 cm³/mol. The lowest BCUT2D eigenvalue weighted by Gasteiger charge is -2.10. The van der Waals surface area contributed by atoms with Crippen molar-refractivity contribution < 1.29 is 9.53 Å². The molecule has 4 rings (SSSR count). The third kappa shape index (κ3) is 5.06. The number of hydrogen-bond donors (Lipinski definition) is 1. The second-order valence-electron chi connectivity index (χ2n) is 7.21. The Morgan fingerprint density at radius 1 is 1.12 bits per heavy atom. The highest BCUT2D eigenvalue weighted by molar-refractivity contribution is 7.99. The van der Waals surface area contributed by atoms with Crippen LogP contribution in [-0.2, 0) is 17.9 Å². The molecule has 3 aromatic carbocycles. The highest BCUT2D eigenvalue weighted by atomic mass is 35.5. The van der Waals surface area contributed by atoms with E-state index < -0.39 is 0 Å². The van der Waals surface area contributed by atoms with Crippen LogP contribution in [0.25, 0.3) is 10.8 Å². The fourth-order valence-electron chi connectivity index (χ4n) is 3.36. The second-order valence-corrected chi connectivity index (χ2v) is 8.56. The van der Waals surface area contributed by atoms with E-state index in [-0.39, 0.29) is 18.3 Å². The predicted octanol–water partition coefficient (Wildman–Crippen LogP) is 5.72. The highest BCUT2D eigenvalue weighted by Gasteiger charge is 2.14. The summed E-state index contributed by atoms with van der Waals surface area (Å²) in [5.74, 6) is 1.57. The molecule has 0 aliphatic carbocycles. The molecule has 0 saturated carbocycles. The number of nitrogens with one attached hydrogen (secondary N) is 1. The Morgan fingerprint density at radius 3 is 2.75 bits per heavy atom. The summed E-state index contributed by atoms with van der Waals surface area (Å²) in [6.07, 6.45) is 0. The first-order valence-electron chi connectivity index (χ1n) is 10.3. The number of halogens is 1. The fraction of sp³-hybridized carbons (Fsp3) is 0.208. The topological polar surface area (TPSA) is 69.0 Å². The number of benzene rings is 3. The van der Waals surface area contributed by atoms with Crippen molar-refractivity contribution >= 4 is 45.7 Å². The van der Waals surface area contributed by atoms with E-state index in [1.165, 1.54) is 11.8 Å². The molecule has 0 aliphatic heterocycles. The van der Waals surface area contributed by atoms with E-state index in [0.29, 0.717) is 22.5 Å². The summed E-state index contributed by atoms with van der Waals surface area (Å²) >= 11 is 7.43. The summed E-state index contributed by atoms with van der Waals surface area (Å²) in [5, 5.41) is 15.0. The van der Waals surface area contributed by atoms with Crippen LogP contribution in [0, 0.1) is 6.92 Å². The average Bonchev–Trinajstić information content (AvgIpc) is 3.20. The molecule has 1 amide bonds. The van der Waals surface area contributed by atoms with Crippen molar-refractivity contribution in [3.63, 3.8) is 0 Å². The molecule has 0 aliphatic rings. The molecule has 0 bridgehead atoms. The van der Waals surface area contributed by atoms with Gasteiger partial charge in [-0.1, -0.05) is 59.8 Å². The van der Waals surface area contributed by atoms with Gasteiger partial charge in [0.05, 0.1) is 5.75 Å². The number of aromatic nitrogens is 3. The zero-order valence-corrected chi connectivity index (χ0v) is 19.4. The highest BCUT2D eigenvalue weighted by Crippen LogP contribution is 2.25. The van der Waals surface area contributed by atoms with Gasteiger partial charge in [0.2, 0.25) is 5.91 Å². The average molecular weight is 467 g/mol. The maximum Gasteiger partial charge on any atom is 0.234 e. The van der Waals surface area contributed by atoms with Gasteiger partial charge in [0.15, 0.2) is 11.0 Å². The lowest BCUT2D eigenvalue weighted by Crippen LogP contribution is -2.15. The van der Waals surface area contributed by atoms with Crippen molar-refractivity contribution in [1.29, 1.82) is 0 Å². The van der Waals surface area contributed by atoms with Crippen LogP contribution in [0.1, 0.15) is 18.3 Å². The van der Waals surface area contributed by atoms with Crippen LogP contribution >= 0.6 is 23.4 Å². The van der Waals surface area contributed by atoms with Crippen LogP contribution in [-0.4, -0.2) is 26.4 Å². The summed E-state index contributed by atoms with van der Waals surface area (Å²) in [7, 11) is 0. The van der Waals surface area contributed by atoms with Crippen LogP contribution in [0.3, 0.4) is 0 Å². The lowest BCUT2D eigenvalue weighted by molar-refractivity contribution is -0.113. The van der Waals surface area contributed by atoms with Crippen molar-refractivity contribution in [2.45, 2.75) is 32.2 Å². The first kappa shape index (κ1) is 22.2. The Hall–Kier alpha value is -3.03. The largest absolute Gasteiger partial charge is 0.486 e. The molecule has 4 aromatic rings. The molecule has 0 unspecified atom stereocenters. The molecule has 8 heteroatoms. The quantitative estimate of drug-likeness (QED) is 0.336. The minimum atomic E-state index is -0.0913. The first-order chi connectivity index (χ1) is 15.5. The number of ether oxygens (including phenoxy) is 1. The van der Waals surface area contributed by atoms with Gasteiger partial charge in [-0.2, -0.15) is 0 Å². The van der Waals surface area contributed by atoms with Crippen LogP contribution in [0.15, 0.2) is 65.8 Å². The smallest absolute Gasteiger partial charge is 0.234 e. The van der Waals surface area contributed by atoms with E-state index >= 15 is 0 Å². The summed E-state index contributed by atoms with van der Waals surface area (Å²) in [5.41, 5.74) is 1.76. The Labute approximate surface area is 195 Å². The van der Waals surface area contributed by atoms with Gasteiger partial charge >= 0.3 is 0 Å². The Bertz CT molecular complexity index is 1250. The Kier molecular flexibility index (Phi) is 6.97. The van der Waals surface area contributed by atoms with Crippen LogP contribution in [0.2, 0.25) is 5.02 Å². The Morgan fingerprint density at radius 2 is 1.94 bits per heavy atom. The molecule has 0 radical (unpaired) electrons. The van der Waals surface area contributed by atoms with Gasteiger partial charge in [0.1, 0.15) is 12.4 Å². The van der Waals surface area contributed by atoms with Crippen molar-refractivity contribution in [2.75, 3.05) is 11.1 Å².